The Bertz CT molecular complexity index is 588. The predicted octanol–water partition coefficient (Wildman–Crippen LogP) is 4.14. The van der Waals surface area contributed by atoms with Gasteiger partial charge in [0.1, 0.15) is 0 Å². The summed E-state index contributed by atoms with van der Waals surface area (Å²) in [4.78, 5) is 17.6. The van der Waals surface area contributed by atoms with Crippen molar-refractivity contribution in [2.24, 2.45) is 22.7 Å². The zero-order chi connectivity index (χ0) is 15.9. The molecule has 5 unspecified atom stereocenters. The zero-order valence-electron chi connectivity index (χ0n) is 14.2. The molecule has 1 spiro atoms. The van der Waals surface area contributed by atoms with Gasteiger partial charge in [-0.2, -0.15) is 0 Å². The minimum Gasteiger partial charge on any atom is -0.353 e. The van der Waals surface area contributed by atoms with E-state index in [-0.39, 0.29) is 23.1 Å². The van der Waals surface area contributed by atoms with Crippen molar-refractivity contribution in [3.8, 4) is 0 Å². The van der Waals surface area contributed by atoms with Gasteiger partial charge in [-0.3, -0.25) is 9.79 Å². The Labute approximate surface area is 155 Å². The smallest absolute Gasteiger partial charge is 0.224 e. The van der Waals surface area contributed by atoms with Crippen molar-refractivity contribution in [3.63, 3.8) is 0 Å². The Morgan fingerprint density at radius 1 is 1.38 bits per heavy atom. The van der Waals surface area contributed by atoms with Crippen molar-refractivity contribution >= 4 is 36.3 Å². The number of carbonyl (C=O) groups excluding carboxylic acids is 1. The Hall–Kier alpha value is -0.740. The average Bonchev–Trinajstić information content (AvgIpc) is 2.95. The van der Waals surface area contributed by atoms with E-state index in [0.29, 0.717) is 23.8 Å². The maximum Gasteiger partial charge on any atom is 0.224 e. The van der Waals surface area contributed by atoms with Crippen LogP contribution in [0.3, 0.4) is 0 Å². The monoisotopic (exact) mass is 366 g/mol. The van der Waals surface area contributed by atoms with Crippen LogP contribution in [0.4, 0.5) is 0 Å². The molecule has 5 atom stereocenters. The number of aliphatic imine (C=N–C) groups is 1. The summed E-state index contributed by atoms with van der Waals surface area (Å²) in [7, 11) is 0. The highest BCUT2D eigenvalue weighted by Gasteiger charge is 2.54. The topological polar surface area (TPSA) is 41.5 Å². The van der Waals surface area contributed by atoms with Gasteiger partial charge in [-0.1, -0.05) is 31.9 Å². The normalized spacial score (nSPS) is 40.1. The second-order valence-corrected chi connectivity index (χ2v) is 8.87. The van der Waals surface area contributed by atoms with Gasteiger partial charge in [-0.05, 0) is 43.6 Å². The zero-order valence-corrected chi connectivity index (χ0v) is 15.9. The van der Waals surface area contributed by atoms with Gasteiger partial charge in [0.15, 0.2) is 0 Å². The van der Waals surface area contributed by atoms with Gasteiger partial charge < -0.3 is 5.32 Å². The fraction of sp³-hybridized carbons (Fsp3) is 0.684. The second kappa shape index (κ2) is 7.25. The summed E-state index contributed by atoms with van der Waals surface area (Å²) in [5.74, 6) is 2.39. The molecule has 0 radical (unpaired) electrons. The van der Waals surface area contributed by atoms with Crippen LogP contribution in [0.1, 0.15) is 45.4 Å². The second-order valence-electron chi connectivity index (χ2n) is 7.52. The summed E-state index contributed by atoms with van der Waals surface area (Å²) in [5.41, 5.74) is 1.18. The van der Waals surface area contributed by atoms with Crippen LogP contribution in [0.2, 0.25) is 0 Å². The van der Waals surface area contributed by atoms with E-state index in [1.165, 1.54) is 25.0 Å². The molecule has 132 valence electrons. The van der Waals surface area contributed by atoms with Crippen molar-refractivity contribution < 1.29 is 4.79 Å². The summed E-state index contributed by atoms with van der Waals surface area (Å²) in [5, 5.41) is 3.40. The Morgan fingerprint density at radius 2 is 2.21 bits per heavy atom. The molecule has 1 saturated carbocycles. The molecule has 2 aliphatic carbocycles. The molecular weight excluding hydrogens is 340 g/mol. The third-order valence-corrected chi connectivity index (χ3v) is 7.94. The first kappa shape index (κ1) is 18.1. The van der Waals surface area contributed by atoms with E-state index >= 15 is 0 Å². The van der Waals surface area contributed by atoms with Crippen molar-refractivity contribution in [3.05, 3.63) is 23.9 Å². The van der Waals surface area contributed by atoms with Crippen molar-refractivity contribution in [2.45, 2.75) is 56.2 Å². The highest BCUT2D eigenvalue weighted by atomic mass is 35.5. The molecule has 24 heavy (non-hydrogen) atoms. The lowest BCUT2D eigenvalue weighted by atomic mass is 9.73. The molecule has 2 aliphatic heterocycles. The Balaban J connectivity index is 0.00000169. The number of nitrogens with zero attached hydrogens (tertiary/aromatic N) is 1. The van der Waals surface area contributed by atoms with Crippen LogP contribution >= 0.6 is 24.2 Å². The molecule has 0 bridgehead atoms. The highest BCUT2D eigenvalue weighted by molar-refractivity contribution is 8.01. The summed E-state index contributed by atoms with van der Waals surface area (Å²) < 4.78 is 0.0592. The summed E-state index contributed by atoms with van der Waals surface area (Å²) >= 11 is 1.96. The van der Waals surface area contributed by atoms with E-state index in [1.54, 1.807) is 0 Å². The molecule has 0 aromatic heterocycles. The quantitative estimate of drug-likeness (QED) is 0.797. The molecule has 4 aliphatic rings. The molecule has 2 heterocycles. The van der Waals surface area contributed by atoms with Gasteiger partial charge in [0.2, 0.25) is 5.91 Å². The lowest BCUT2D eigenvalue weighted by molar-refractivity contribution is -0.127. The van der Waals surface area contributed by atoms with Crippen LogP contribution in [0.5, 0.6) is 0 Å². The van der Waals surface area contributed by atoms with Gasteiger partial charge in [-0.15, -0.1) is 24.2 Å². The summed E-state index contributed by atoms with van der Waals surface area (Å²) in [6.45, 7) is 2.29. The summed E-state index contributed by atoms with van der Waals surface area (Å²) in [6, 6.07) is 0.385. The fourth-order valence-electron chi connectivity index (χ4n) is 4.76. The highest BCUT2D eigenvalue weighted by Crippen LogP contribution is 2.57. The van der Waals surface area contributed by atoms with Gasteiger partial charge in [0, 0.05) is 18.0 Å². The minimum absolute atomic E-state index is 0. The number of allylic oxidation sites excluding steroid dienone is 3. The van der Waals surface area contributed by atoms with Crippen LogP contribution in [0.25, 0.3) is 0 Å². The minimum atomic E-state index is 0. The molecule has 0 aromatic carbocycles. The summed E-state index contributed by atoms with van der Waals surface area (Å²) in [6.07, 6.45) is 15.5. The SMILES string of the molecule is CC1CCCCC1NC(=O)C1CSC23CC=CC=C2N=CCC13.Cl. The largest absolute Gasteiger partial charge is 0.353 e. The molecule has 3 nitrogen and oxygen atoms in total. The number of thioether (sulfide) groups is 1. The third kappa shape index (κ3) is 2.96. The van der Waals surface area contributed by atoms with Gasteiger partial charge >= 0.3 is 0 Å². The van der Waals surface area contributed by atoms with Crippen LogP contribution < -0.4 is 5.32 Å². The molecule has 4 rings (SSSR count). The number of carbonyl (C=O) groups is 1. The molecule has 1 amide bonds. The molecule has 5 heteroatoms. The van der Waals surface area contributed by atoms with Crippen LogP contribution in [0, 0.1) is 17.8 Å². The lowest BCUT2D eigenvalue weighted by Crippen LogP contribution is -2.47. The number of hydrogen-bond acceptors (Lipinski definition) is 3. The van der Waals surface area contributed by atoms with Crippen LogP contribution in [-0.4, -0.2) is 28.7 Å². The van der Waals surface area contributed by atoms with E-state index < -0.39 is 0 Å². The van der Waals surface area contributed by atoms with E-state index in [1.807, 2.05) is 18.0 Å². The maximum absolute atomic E-state index is 13.0. The van der Waals surface area contributed by atoms with E-state index in [0.717, 1.165) is 25.0 Å². The first-order valence-electron chi connectivity index (χ1n) is 9.05. The predicted molar refractivity (Wildman–Crippen MR) is 104 cm³/mol. The Kier molecular flexibility index (Phi) is 5.45. The first-order chi connectivity index (χ1) is 11.2. The molecular formula is C19H27ClN2OS. The fourth-order valence-corrected chi connectivity index (χ4v) is 6.58. The van der Waals surface area contributed by atoms with E-state index in [4.69, 9.17) is 0 Å². The van der Waals surface area contributed by atoms with Gasteiger partial charge in [-0.25, -0.2) is 0 Å². The number of amides is 1. The standard InChI is InChI=1S/C19H26N2OS.ClH/c1-13-6-2-3-7-16(13)21-18(22)14-12-23-19-10-5-4-8-17(19)20-11-9-15(14)19;/h4-5,8,11,13-16H,2-3,6-7,9-10,12H2,1H3,(H,21,22);1H. The molecule has 1 saturated heterocycles. The van der Waals surface area contributed by atoms with Crippen molar-refractivity contribution in [1.82, 2.24) is 5.32 Å². The van der Waals surface area contributed by atoms with Crippen molar-refractivity contribution in [2.75, 3.05) is 5.75 Å². The molecule has 1 N–H and O–H groups in total. The third-order valence-electron chi connectivity index (χ3n) is 6.22. The van der Waals surface area contributed by atoms with E-state index in [2.05, 4.69) is 35.5 Å². The maximum atomic E-state index is 13.0. The average molecular weight is 367 g/mol. The number of rotatable bonds is 2. The van der Waals surface area contributed by atoms with E-state index in [9.17, 15) is 4.79 Å². The molecule has 0 aromatic rings. The van der Waals surface area contributed by atoms with Crippen molar-refractivity contribution in [1.29, 1.82) is 0 Å². The number of halogens is 1. The van der Waals surface area contributed by atoms with Crippen LogP contribution in [-0.2, 0) is 4.79 Å². The first-order valence-corrected chi connectivity index (χ1v) is 10.0. The van der Waals surface area contributed by atoms with Gasteiger partial charge in [0.05, 0.1) is 16.4 Å². The lowest BCUT2D eigenvalue weighted by Gasteiger charge is -2.39. The number of hydrogen-bond donors (Lipinski definition) is 1. The van der Waals surface area contributed by atoms with Gasteiger partial charge in [0.25, 0.3) is 0 Å². The Morgan fingerprint density at radius 3 is 3.04 bits per heavy atom. The molecule has 2 fully saturated rings. The van der Waals surface area contributed by atoms with Crippen LogP contribution in [0.15, 0.2) is 28.9 Å². The number of nitrogens with one attached hydrogen (secondary N) is 1.